The van der Waals surface area contributed by atoms with Crippen molar-refractivity contribution in [2.75, 3.05) is 5.75 Å². The van der Waals surface area contributed by atoms with E-state index in [0.29, 0.717) is 5.57 Å². The highest BCUT2D eigenvalue weighted by Crippen LogP contribution is 1.98. The van der Waals surface area contributed by atoms with E-state index in [1.807, 2.05) is 0 Å². The fraction of sp³-hybridized carbons (Fsp3) is 0.500. The van der Waals surface area contributed by atoms with Crippen molar-refractivity contribution in [1.82, 2.24) is 0 Å². The van der Waals surface area contributed by atoms with Crippen LogP contribution in [0.2, 0.25) is 0 Å². The Labute approximate surface area is 59.1 Å². The molecule has 0 aliphatic heterocycles. The lowest BCUT2D eigenvalue weighted by molar-refractivity contribution is 0.486. The van der Waals surface area contributed by atoms with Crippen LogP contribution in [0, 0.1) is 0 Å². The van der Waals surface area contributed by atoms with Crippen molar-refractivity contribution in [3.63, 3.8) is 0 Å². The largest absolute Gasteiger partial charge is 0.285 e. The molecule has 1 N–H and O–H groups in total. The second kappa shape index (κ2) is 3.20. The SMILES string of the molecule is C/C(=C/Cl)CS(=O)(=O)O. The monoisotopic (exact) mass is 170 g/mol. The minimum Gasteiger partial charge on any atom is -0.285 e. The molecular weight excluding hydrogens is 164 g/mol. The molecule has 0 spiro atoms. The summed E-state index contributed by atoms with van der Waals surface area (Å²) in [6.07, 6.45) is 0. The lowest BCUT2D eigenvalue weighted by atomic mass is 10.4. The second-order valence-electron chi connectivity index (χ2n) is 1.68. The van der Waals surface area contributed by atoms with E-state index in [0.717, 1.165) is 5.54 Å². The Morgan fingerprint density at radius 3 is 2.33 bits per heavy atom. The summed E-state index contributed by atoms with van der Waals surface area (Å²) in [4.78, 5) is 0. The van der Waals surface area contributed by atoms with E-state index in [2.05, 4.69) is 0 Å². The van der Waals surface area contributed by atoms with Crippen molar-refractivity contribution in [3.8, 4) is 0 Å². The molecule has 0 aromatic heterocycles. The highest BCUT2D eigenvalue weighted by atomic mass is 35.5. The first kappa shape index (κ1) is 8.94. The number of rotatable bonds is 2. The maximum Gasteiger partial charge on any atom is 0.268 e. The van der Waals surface area contributed by atoms with Gasteiger partial charge in [-0.3, -0.25) is 4.55 Å². The van der Waals surface area contributed by atoms with Crippen LogP contribution in [0.1, 0.15) is 6.92 Å². The summed E-state index contributed by atoms with van der Waals surface area (Å²) in [6.45, 7) is 1.51. The molecule has 0 amide bonds. The van der Waals surface area contributed by atoms with Gasteiger partial charge in [0.1, 0.15) is 0 Å². The van der Waals surface area contributed by atoms with Gasteiger partial charge < -0.3 is 0 Å². The van der Waals surface area contributed by atoms with Gasteiger partial charge in [0.2, 0.25) is 0 Å². The van der Waals surface area contributed by atoms with Crippen molar-refractivity contribution in [3.05, 3.63) is 11.1 Å². The standard InChI is InChI=1S/C4H7ClO3S/c1-4(2-5)3-9(6,7)8/h2H,3H2,1H3,(H,6,7,8)/b4-2-. The summed E-state index contributed by atoms with van der Waals surface area (Å²) in [5.41, 5.74) is 1.53. The summed E-state index contributed by atoms with van der Waals surface area (Å²) >= 11 is 5.12. The van der Waals surface area contributed by atoms with Crippen molar-refractivity contribution in [2.45, 2.75) is 6.92 Å². The van der Waals surface area contributed by atoms with E-state index >= 15 is 0 Å². The topological polar surface area (TPSA) is 54.4 Å². The highest BCUT2D eigenvalue weighted by molar-refractivity contribution is 7.85. The first-order valence-electron chi connectivity index (χ1n) is 2.17. The molecule has 0 aliphatic rings. The Balaban J connectivity index is 4.07. The third kappa shape index (κ3) is 5.82. The van der Waals surface area contributed by atoms with E-state index in [-0.39, 0.29) is 0 Å². The van der Waals surface area contributed by atoms with Gasteiger partial charge in [0.05, 0.1) is 5.75 Å². The van der Waals surface area contributed by atoms with Crippen molar-refractivity contribution in [2.24, 2.45) is 0 Å². The van der Waals surface area contributed by atoms with E-state index in [4.69, 9.17) is 16.2 Å². The second-order valence-corrected chi connectivity index (χ2v) is 3.35. The normalized spacial score (nSPS) is 13.9. The fourth-order valence-electron chi connectivity index (χ4n) is 0.319. The maximum absolute atomic E-state index is 10.1. The van der Waals surface area contributed by atoms with Crippen LogP contribution in [0.25, 0.3) is 0 Å². The molecule has 0 saturated carbocycles. The first-order chi connectivity index (χ1) is 3.95. The van der Waals surface area contributed by atoms with Gasteiger partial charge in [-0.15, -0.1) is 0 Å². The Bertz CT molecular complexity index is 204. The zero-order valence-corrected chi connectivity index (χ0v) is 6.41. The molecule has 54 valence electrons. The average Bonchev–Trinajstić information content (AvgIpc) is 1.62. The predicted octanol–water partition coefficient (Wildman–Crippen LogP) is 1.02. The van der Waals surface area contributed by atoms with Gasteiger partial charge in [0.15, 0.2) is 0 Å². The molecule has 0 heterocycles. The fourth-order valence-corrected chi connectivity index (χ4v) is 1.15. The molecule has 0 aliphatic carbocycles. The Morgan fingerprint density at radius 1 is 1.78 bits per heavy atom. The zero-order chi connectivity index (χ0) is 7.49. The molecule has 0 rings (SSSR count). The third-order valence-corrected chi connectivity index (χ3v) is 1.79. The van der Waals surface area contributed by atoms with E-state index in [1.54, 1.807) is 0 Å². The molecule has 0 unspecified atom stereocenters. The minimum absolute atomic E-state index is 0.392. The van der Waals surface area contributed by atoms with Crippen molar-refractivity contribution < 1.29 is 13.0 Å². The van der Waals surface area contributed by atoms with E-state index < -0.39 is 15.9 Å². The van der Waals surface area contributed by atoms with Gasteiger partial charge in [0.25, 0.3) is 10.1 Å². The predicted molar refractivity (Wildman–Crippen MR) is 36.0 cm³/mol. The van der Waals surface area contributed by atoms with Crippen LogP contribution in [-0.4, -0.2) is 18.7 Å². The van der Waals surface area contributed by atoms with E-state index in [1.165, 1.54) is 6.92 Å². The molecule has 5 heteroatoms. The molecule has 0 saturated heterocycles. The zero-order valence-electron chi connectivity index (χ0n) is 4.83. The first-order valence-corrected chi connectivity index (χ1v) is 4.21. The molecule has 0 aromatic carbocycles. The number of halogens is 1. The molecule has 3 nitrogen and oxygen atoms in total. The van der Waals surface area contributed by atoms with Gasteiger partial charge in [-0.1, -0.05) is 11.6 Å². The van der Waals surface area contributed by atoms with Crippen molar-refractivity contribution >= 4 is 21.7 Å². The lowest BCUT2D eigenvalue weighted by Gasteiger charge is -1.92. The van der Waals surface area contributed by atoms with Gasteiger partial charge in [-0.2, -0.15) is 8.42 Å². The summed E-state index contributed by atoms with van der Waals surface area (Å²) in [5.74, 6) is -0.392. The quantitative estimate of drug-likeness (QED) is 0.630. The van der Waals surface area contributed by atoms with Gasteiger partial charge in [-0.25, -0.2) is 0 Å². The highest BCUT2D eigenvalue weighted by Gasteiger charge is 2.03. The molecule has 0 radical (unpaired) electrons. The minimum atomic E-state index is -3.89. The van der Waals surface area contributed by atoms with Gasteiger partial charge in [0, 0.05) is 5.54 Å². The Kier molecular flexibility index (Phi) is 3.17. The molecule has 0 atom stereocenters. The smallest absolute Gasteiger partial charge is 0.268 e. The van der Waals surface area contributed by atoms with Crippen LogP contribution < -0.4 is 0 Å². The van der Waals surface area contributed by atoms with Crippen LogP contribution in [0.3, 0.4) is 0 Å². The maximum atomic E-state index is 10.1. The Morgan fingerprint density at radius 2 is 2.22 bits per heavy atom. The van der Waals surface area contributed by atoms with Crippen LogP contribution in [-0.2, 0) is 10.1 Å². The molecule has 0 aromatic rings. The third-order valence-electron chi connectivity index (χ3n) is 0.596. The summed E-state index contributed by atoms with van der Waals surface area (Å²) in [6, 6.07) is 0. The van der Waals surface area contributed by atoms with Crippen LogP contribution >= 0.6 is 11.6 Å². The van der Waals surface area contributed by atoms with Gasteiger partial charge >= 0.3 is 0 Å². The summed E-state index contributed by atoms with van der Waals surface area (Å²) < 4.78 is 28.3. The molecule has 0 fully saturated rings. The molecule has 0 bridgehead atoms. The van der Waals surface area contributed by atoms with E-state index in [9.17, 15) is 8.42 Å². The summed E-state index contributed by atoms with van der Waals surface area (Å²) in [7, 11) is -3.89. The van der Waals surface area contributed by atoms with Gasteiger partial charge in [-0.05, 0) is 12.5 Å². The van der Waals surface area contributed by atoms with Crippen LogP contribution in [0.5, 0.6) is 0 Å². The molecule has 9 heavy (non-hydrogen) atoms. The van der Waals surface area contributed by atoms with Crippen LogP contribution in [0.4, 0.5) is 0 Å². The number of hydrogen-bond donors (Lipinski definition) is 1. The number of hydrogen-bond acceptors (Lipinski definition) is 2. The summed E-state index contributed by atoms with van der Waals surface area (Å²) in [5, 5.41) is 0. The Hall–Kier alpha value is -0.0600. The molecular formula is C4H7ClO3S. The lowest BCUT2D eigenvalue weighted by Crippen LogP contribution is -2.03. The average molecular weight is 171 g/mol. The van der Waals surface area contributed by atoms with Crippen LogP contribution in [0.15, 0.2) is 11.1 Å². The van der Waals surface area contributed by atoms with Crippen molar-refractivity contribution in [1.29, 1.82) is 0 Å².